The summed E-state index contributed by atoms with van der Waals surface area (Å²) < 4.78 is 28.5. The Bertz CT molecular complexity index is 1370. The molecule has 3 heterocycles. The van der Waals surface area contributed by atoms with Crippen molar-refractivity contribution < 1.29 is 18.6 Å². The van der Waals surface area contributed by atoms with Gasteiger partial charge in [0.15, 0.2) is 0 Å². The molecule has 2 aromatic carbocycles. The van der Waals surface area contributed by atoms with Gasteiger partial charge in [-0.2, -0.15) is 0 Å². The van der Waals surface area contributed by atoms with Gasteiger partial charge >= 0.3 is 14.2 Å². The Morgan fingerprint density at radius 2 is 0.872 bits per heavy atom. The van der Waals surface area contributed by atoms with Crippen LogP contribution in [-0.4, -0.2) is 41.2 Å². The average molecular weight is 644 g/mol. The summed E-state index contributed by atoms with van der Waals surface area (Å²) in [6.07, 6.45) is 17.6. The van der Waals surface area contributed by atoms with E-state index in [0.29, 0.717) is 6.04 Å². The van der Waals surface area contributed by atoms with Crippen molar-refractivity contribution in [3.8, 4) is 0 Å². The van der Waals surface area contributed by atoms with E-state index < -0.39 is 0 Å². The second-order valence-corrected chi connectivity index (χ2v) is 16.6. The first-order valence-electron chi connectivity index (χ1n) is 19.0. The Labute approximate surface area is 287 Å². The molecule has 5 rings (SSSR count). The largest absolute Gasteiger partial charge is 0.494 e. The van der Waals surface area contributed by atoms with Gasteiger partial charge in [0.1, 0.15) is 0 Å². The highest BCUT2D eigenvalue weighted by atomic mass is 16.7. The molecular weight excluding hydrogens is 580 g/mol. The maximum absolute atomic E-state index is 6.48. The lowest BCUT2D eigenvalue weighted by molar-refractivity contribution is 0.00578. The van der Waals surface area contributed by atoms with Crippen molar-refractivity contribution in [1.29, 1.82) is 0 Å². The summed E-state index contributed by atoms with van der Waals surface area (Å²) in [5.74, 6) is 0. The molecule has 2 aliphatic rings. The summed E-state index contributed by atoms with van der Waals surface area (Å²) in [7, 11) is -0.773. The molecule has 3 aromatic rings. The maximum Gasteiger partial charge on any atom is 0.494 e. The lowest BCUT2D eigenvalue weighted by Crippen LogP contribution is -2.41. The van der Waals surface area contributed by atoms with Crippen molar-refractivity contribution in [1.82, 2.24) is 4.57 Å². The zero-order valence-corrected chi connectivity index (χ0v) is 31.5. The normalized spacial score (nSPS) is 20.6. The fourth-order valence-corrected chi connectivity index (χ4v) is 7.22. The van der Waals surface area contributed by atoms with Gasteiger partial charge in [0.25, 0.3) is 0 Å². The molecule has 0 bridgehead atoms. The number of benzene rings is 2. The van der Waals surface area contributed by atoms with Crippen molar-refractivity contribution in [2.24, 2.45) is 0 Å². The zero-order chi connectivity index (χ0) is 34.0. The molecule has 1 aromatic heterocycles. The Balaban J connectivity index is 1.34. The van der Waals surface area contributed by atoms with E-state index in [1.807, 2.05) is 0 Å². The Morgan fingerprint density at radius 3 is 1.23 bits per heavy atom. The van der Waals surface area contributed by atoms with Gasteiger partial charge < -0.3 is 23.2 Å². The molecule has 2 saturated heterocycles. The number of fused-ring (bicyclic) bond motifs is 3. The third kappa shape index (κ3) is 7.84. The lowest BCUT2D eigenvalue weighted by Gasteiger charge is -2.32. The molecule has 5 nitrogen and oxygen atoms in total. The van der Waals surface area contributed by atoms with Gasteiger partial charge in [-0.15, -0.1) is 0 Å². The van der Waals surface area contributed by atoms with Gasteiger partial charge in [0, 0.05) is 27.8 Å². The Kier molecular flexibility index (Phi) is 11.3. The monoisotopic (exact) mass is 643 g/mol. The molecule has 1 unspecified atom stereocenters. The smallest absolute Gasteiger partial charge is 0.399 e. The fraction of sp³-hybridized carbons (Fsp3) is 0.700. The predicted octanol–water partition coefficient (Wildman–Crippen LogP) is 10.0. The molecule has 7 heteroatoms. The highest BCUT2D eigenvalue weighted by Crippen LogP contribution is 2.39. The maximum atomic E-state index is 6.48. The van der Waals surface area contributed by atoms with Gasteiger partial charge in [0.05, 0.1) is 22.4 Å². The summed E-state index contributed by atoms with van der Waals surface area (Å²) in [6.45, 7) is 21.7. The average Bonchev–Trinajstić information content (AvgIpc) is 3.53. The van der Waals surface area contributed by atoms with Gasteiger partial charge in [0.2, 0.25) is 0 Å². The van der Waals surface area contributed by atoms with Crippen molar-refractivity contribution in [2.45, 2.75) is 181 Å². The standard InChI is InChI=1S/C40H63B2NO4/c1-11-12-13-14-15-16-17-18-19-20-21-22-23-30(2)43-35-28-31(41-44-37(3,4)38(5,6)45-41)24-26-33(35)34-27-25-32(29-36(34)43)42-46-39(7,8)40(9,10)47-42/h24-30H,11-23H2,1-10H3. The molecule has 2 aliphatic heterocycles. The number of hydrogen-bond acceptors (Lipinski definition) is 4. The highest BCUT2D eigenvalue weighted by molar-refractivity contribution is 6.63. The summed E-state index contributed by atoms with van der Waals surface area (Å²) in [4.78, 5) is 0. The van der Waals surface area contributed by atoms with E-state index in [4.69, 9.17) is 18.6 Å². The molecule has 1 atom stereocenters. The van der Waals surface area contributed by atoms with Crippen molar-refractivity contribution in [2.75, 3.05) is 0 Å². The molecule has 0 amide bonds. The van der Waals surface area contributed by atoms with Crippen LogP contribution >= 0.6 is 0 Å². The van der Waals surface area contributed by atoms with E-state index in [0.717, 1.165) is 17.3 Å². The minimum absolute atomic E-state index is 0.347. The molecule has 0 saturated carbocycles. The number of unbranched alkanes of at least 4 members (excludes halogenated alkanes) is 11. The van der Waals surface area contributed by atoms with E-state index >= 15 is 0 Å². The second kappa shape index (κ2) is 14.6. The summed E-state index contributed by atoms with van der Waals surface area (Å²) >= 11 is 0. The first kappa shape index (κ1) is 36.5. The fourth-order valence-electron chi connectivity index (χ4n) is 7.22. The zero-order valence-electron chi connectivity index (χ0n) is 31.5. The van der Waals surface area contributed by atoms with Crippen LogP contribution in [-0.2, 0) is 18.6 Å². The van der Waals surface area contributed by atoms with Crippen molar-refractivity contribution in [3.05, 3.63) is 36.4 Å². The number of aromatic nitrogens is 1. The van der Waals surface area contributed by atoms with Gasteiger partial charge in [-0.3, -0.25) is 0 Å². The second-order valence-electron chi connectivity index (χ2n) is 16.6. The Morgan fingerprint density at radius 1 is 0.532 bits per heavy atom. The minimum Gasteiger partial charge on any atom is -0.399 e. The van der Waals surface area contributed by atoms with Gasteiger partial charge in [-0.05, 0) is 91.8 Å². The summed E-state index contributed by atoms with van der Waals surface area (Å²) in [5, 5.41) is 2.53. The first-order valence-corrected chi connectivity index (χ1v) is 19.0. The molecule has 0 aliphatic carbocycles. The Hall–Kier alpha value is -1.79. The summed E-state index contributed by atoms with van der Waals surface area (Å²) in [6, 6.07) is 13.9. The number of hydrogen-bond donors (Lipinski definition) is 0. The van der Waals surface area contributed by atoms with Crippen LogP contribution in [0.15, 0.2) is 36.4 Å². The number of rotatable bonds is 16. The SMILES string of the molecule is CCCCCCCCCCCCCCC(C)n1c2cc(B3OC(C)(C)C(C)(C)O3)ccc2c2ccc(B3OC(C)(C)C(C)(C)O3)cc21. The van der Waals surface area contributed by atoms with Crippen LogP contribution in [0.5, 0.6) is 0 Å². The van der Waals surface area contributed by atoms with Crippen molar-refractivity contribution in [3.63, 3.8) is 0 Å². The van der Waals surface area contributed by atoms with Crippen LogP contribution in [0.3, 0.4) is 0 Å². The third-order valence-electron chi connectivity index (χ3n) is 11.8. The molecule has 0 spiro atoms. The molecule has 0 radical (unpaired) electrons. The van der Waals surface area contributed by atoms with Crippen LogP contribution in [0, 0.1) is 0 Å². The first-order chi connectivity index (χ1) is 22.2. The topological polar surface area (TPSA) is 41.9 Å². The molecular formula is C40H63B2NO4. The van der Waals surface area contributed by atoms with E-state index in [2.05, 4.69) is 110 Å². The third-order valence-corrected chi connectivity index (χ3v) is 11.8. The van der Waals surface area contributed by atoms with Crippen LogP contribution in [0.1, 0.15) is 159 Å². The van der Waals surface area contributed by atoms with E-state index in [1.54, 1.807) is 0 Å². The highest BCUT2D eigenvalue weighted by Gasteiger charge is 2.53. The quantitative estimate of drug-likeness (QED) is 0.115. The lowest BCUT2D eigenvalue weighted by atomic mass is 9.78. The van der Waals surface area contributed by atoms with E-state index in [9.17, 15) is 0 Å². The molecule has 47 heavy (non-hydrogen) atoms. The molecule has 2 fully saturated rings. The molecule has 0 N–H and O–H groups in total. The number of nitrogens with zero attached hydrogens (tertiary/aromatic N) is 1. The minimum atomic E-state index is -0.386. The van der Waals surface area contributed by atoms with Crippen molar-refractivity contribution >= 4 is 47.0 Å². The summed E-state index contributed by atoms with van der Waals surface area (Å²) in [5.41, 5.74) is 3.12. The van der Waals surface area contributed by atoms with Crippen LogP contribution in [0.25, 0.3) is 21.8 Å². The predicted molar refractivity (Wildman–Crippen MR) is 201 cm³/mol. The van der Waals surface area contributed by atoms with Crippen LogP contribution < -0.4 is 10.9 Å². The van der Waals surface area contributed by atoms with E-state index in [1.165, 1.54) is 98.9 Å². The van der Waals surface area contributed by atoms with Crippen LogP contribution in [0.2, 0.25) is 0 Å². The molecule has 258 valence electrons. The van der Waals surface area contributed by atoms with E-state index in [-0.39, 0.29) is 36.6 Å². The van der Waals surface area contributed by atoms with Crippen LogP contribution in [0.4, 0.5) is 0 Å². The van der Waals surface area contributed by atoms with Gasteiger partial charge in [-0.25, -0.2) is 0 Å². The van der Waals surface area contributed by atoms with Gasteiger partial charge in [-0.1, -0.05) is 108 Å².